The fraction of sp³-hybridized carbons (Fsp3) is 0.630. The van der Waals surface area contributed by atoms with Crippen LogP contribution in [-0.4, -0.2) is 41.8 Å². The highest BCUT2D eigenvalue weighted by Gasteiger charge is 2.35. The van der Waals surface area contributed by atoms with Crippen LogP contribution in [0.25, 0.3) is 0 Å². The maximum absolute atomic E-state index is 15.0. The average Bonchev–Trinajstić information content (AvgIpc) is 3.36. The van der Waals surface area contributed by atoms with E-state index in [0.29, 0.717) is 18.0 Å². The third-order valence-electron chi connectivity index (χ3n) is 7.68. The third kappa shape index (κ3) is 5.65. The van der Waals surface area contributed by atoms with E-state index in [0.717, 1.165) is 50.5 Å². The maximum atomic E-state index is 15.0. The predicted octanol–water partition coefficient (Wildman–Crippen LogP) is 5.81. The van der Waals surface area contributed by atoms with Crippen LogP contribution >= 0.6 is 0 Å². The molecule has 0 amide bonds. The summed E-state index contributed by atoms with van der Waals surface area (Å²) in [5, 5.41) is 0. The molecule has 180 valence electrons. The van der Waals surface area contributed by atoms with Crippen LogP contribution < -0.4 is 4.90 Å². The molecule has 4 rings (SSSR count). The lowest BCUT2D eigenvalue weighted by Gasteiger charge is -2.42. The van der Waals surface area contributed by atoms with Crippen molar-refractivity contribution in [1.82, 2.24) is 9.88 Å². The molecule has 0 bridgehead atoms. The zero-order valence-corrected chi connectivity index (χ0v) is 20.1. The monoisotopic (exact) mass is 455 g/mol. The lowest BCUT2D eigenvalue weighted by molar-refractivity contribution is -0.122. The number of halogens is 1. The van der Waals surface area contributed by atoms with E-state index in [4.69, 9.17) is 4.42 Å². The summed E-state index contributed by atoms with van der Waals surface area (Å²) in [7, 11) is 0. The summed E-state index contributed by atoms with van der Waals surface area (Å²) in [6.07, 6.45) is 11.7. The number of hydrogen-bond acceptors (Lipinski definition) is 5. The Labute approximate surface area is 197 Å². The molecule has 33 heavy (non-hydrogen) atoms. The number of rotatable bonds is 9. The zero-order chi connectivity index (χ0) is 23.2. The average molecular weight is 456 g/mol. The molecule has 1 atom stereocenters. The fourth-order valence-electron chi connectivity index (χ4n) is 5.73. The molecular weight excluding hydrogens is 417 g/mol. The molecule has 1 aromatic carbocycles. The molecule has 1 aliphatic carbocycles. The van der Waals surface area contributed by atoms with Crippen molar-refractivity contribution in [3.63, 3.8) is 0 Å². The van der Waals surface area contributed by atoms with Crippen molar-refractivity contribution in [3.05, 3.63) is 47.9 Å². The molecule has 5 nitrogen and oxygen atoms in total. The van der Waals surface area contributed by atoms with Gasteiger partial charge in [-0.15, -0.1) is 0 Å². The van der Waals surface area contributed by atoms with E-state index in [1.807, 2.05) is 26.0 Å². The van der Waals surface area contributed by atoms with Crippen LogP contribution in [0.4, 0.5) is 10.1 Å². The van der Waals surface area contributed by atoms with E-state index in [2.05, 4.69) is 14.8 Å². The van der Waals surface area contributed by atoms with Gasteiger partial charge in [0.05, 0.1) is 17.9 Å². The molecule has 1 saturated heterocycles. The number of oxazole rings is 1. The first-order valence-electron chi connectivity index (χ1n) is 12.8. The van der Waals surface area contributed by atoms with E-state index in [-0.39, 0.29) is 23.6 Å². The van der Waals surface area contributed by atoms with Gasteiger partial charge >= 0.3 is 0 Å². The lowest BCUT2D eigenvalue weighted by atomic mass is 9.83. The summed E-state index contributed by atoms with van der Waals surface area (Å²) in [5.41, 5.74) is 1.41. The molecule has 2 aromatic rings. The van der Waals surface area contributed by atoms with Gasteiger partial charge < -0.3 is 9.32 Å². The summed E-state index contributed by atoms with van der Waals surface area (Å²) in [4.78, 5) is 21.6. The minimum absolute atomic E-state index is 0.0709. The quantitative estimate of drug-likeness (QED) is 0.478. The van der Waals surface area contributed by atoms with Crippen LogP contribution in [0.5, 0.6) is 0 Å². The predicted molar refractivity (Wildman–Crippen MR) is 129 cm³/mol. The molecule has 0 radical (unpaired) electrons. The second-order valence-corrected chi connectivity index (χ2v) is 9.68. The zero-order valence-electron chi connectivity index (χ0n) is 20.1. The summed E-state index contributed by atoms with van der Waals surface area (Å²) >= 11 is 0. The van der Waals surface area contributed by atoms with Crippen molar-refractivity contribution >= 4 is 11.5 Å². The van der Waals surface area contributed by atoms with E-state index >= 15 is 4.39 Å². The molecular formula is C27H38FN3O2. The van der Waals surface area contributed by atoms with Gasteiger partial charge in [-0.05, 0) is 49.3 Å². The van der Waals surface area contributed by atoms with Crippen LogP contribution in [0, 0.1) is 17.7 Å². The number of piperazine rings is 1. The van der Waals surface area contributed by atoms with Gasteiger partial charge in [-0.2, -0.15) is 0 Å². The first-order valence-corrected chi connectivity index (χ1v) is 12.8. The van der Waals surface area contributed by atoms with Gasteiger partial charge in [0.1, 0.15) is 17.9 Å². The Morgan fingerprint density at radius 3 is 2.45 bits per heavy atom. The number of anilines is 1. The van der Waals surface area contributed by atoms with Crippen molar-refractivity contribution in [2.24, 2.45) is 11.8 Å². The Bertz CT molecular complexity index is 883. The normalized spacial score (nSPS) is 19.2. The highest BCUT2D eigenvalue weighted by Crippen LogP contribution is 2.38. The minimum Gasteiger partial charge on any atom is -0.447 e. The van der Waals surface area contributed by atoms with Crippen LogP contribution in [0.15, 0.2) is 35.1 Å². The highest BCUT2D eigenvalue weighted by atomic mass is 19.1. The molecule has 2 aliphatic rings. The Balaban J connectivity index is 1.40. The van der Waals surface area contributed by atoms with Crippen LogP contribution in [0.2, 0.25) is 0 Å². The lowest BCUT2D eigenvalue weighted by Crippen LogP contribution is -2.49. The van der Waals surface area contributed by atoms with Gasteiger partial charge in [0.25, 0.3) is 0 Å². The minimum atomic E-state index is -0.227. The molecule has 1 aliphatic heterocycles. The van der Waals surface area contributed by atoms with Gasteiger partial charge in [-0.1, -0.05) is 39.2 Å². The number of carbonyl (C=O) groups excluding carboxylic acids is 1. The van der Waals surface area contributed by atoms with Crippen LogP contribution in [0.3, 0.4) is 0 Å². The third-order valence-corrected chi connectivity index (χ3v) is 7.68. The fourth-order valence-corrected chi connectivity index (χ4v) is 5.73. The van der Waals surface area contributed by atoms with Crippen molar-refractivity contribution < 1.29 is 13.6 Å². The Morgan fingerprint density at radius 1 is 1.12 bits per heavy atom. The number of Topliss-reactive ketones (excluding diaryl/α,β-unsaturated/α-hetero) is 1. The summed E-state index contributed by atoms with van der Waals surface area (Å²) in [6, 6.07) is 5.54. The van der Waals surface area contributed by atoms with Gasteiger partial charge in [0, 0.05) is 38.5 Å². The van der Waals surface area contributed by atoms with Gasteiger partial charge in [-0.25, -0.2) is 9.37 Å². The Hall–Kier alpha value is -2.21. The second-order valence-electron chi connectivity index (χ2n) is 9.68. The maximum Gasteiger partial charge on any atom is 0.211 e. The molecule has 1 aromatic heterocycles. The number of aromatic nitrogens is 1. The Kier molecular flexibility index (Phi) is 8.18. The van der Waals surface area contributed by atoms with Crippen molar-refractivity contribution in [3.8, 4) is 0 Å². The number of nitrogens with zero attached hydrogens (tertiary/aromatic N) is 3. The van der Waals surface area contributed by atoms with E-state index in [1.165, 1.54) is 32.1 Å². The van der Waals surface area contributed by atoms with Crippen molar-refractivity contribution in [2.75, 3.05) is 31.1 Å². The first-order chi connectivity index (χ1) is 16.1. The molecule has 2 heterocycles. The van der Waals surface area contributed by atoms with Gasteiger partial charge in [0.15, 0.2) is 0 Å². The number of benzene rings is 1. The van der Waals surface area contributed by atoms with Gasteiger partial charge in [0.2, 0.25) is 5.89 Å². The molecule has 6 heteroatoms. The van der Waals surface area contributed by atoms with Crippen molar-refractivity contribution in [1.29, 1.82) is 0 Å². The molecule has 1 unspecified atom stereocenters. The summed E-state index contributed by atoms with van der Waals surface area (Å²) in [5.74, 6) is 1.46. The van der Waals surface area contributed by atoms with E-state index < -0.39 is 0 Å². The van der Waals surface area contributed by atoms with Crippen LogP contribution in [0.1, 0.15) is 76.3 Å². The topological polar surface area (TPSA) is 49.6 Å². The van der Waals surface area contributed by atoms with E-state index in [1.54, 1.807) is 18.5 Å². The van der Waals surface area contributed by atoms with E-state index in [9.17, 15) is 4.79 Å². The molecule has 2 fully saturated rings. The summed E-state index contributed by atoms with van der Waals surface area (Å²) < 4.78 is 20.8. The first kappa shape index (κ1) is 23.9. The standard InChI is InChI=1S/C27H38FN3O2/c1-3-21(4-2)25(32)19-20-10-11-24(23(28)18-20)30-13-15-31(16-14-30)26(27-29-12-17-33-27)22-8-6-5-7-9-22/h10-12,17-18,21-22,26H,3-9,13-16,19H2,1-2H3. The number of ketones is 1. The second kappa shape index (κ2) is 11.3. The smallest absolute Gasteiger partial charge is 0.211 e. The molecule has 0 N–H and O–H groups in total. The number of hydrogen-bond donors (Lipinski definition) is 0. The SMILES string of the molecule is CCC(CC)C(=O)Cc1ccc(N2CCN(C(c3ncco3)C3CCCCC3)CC2)c(F)c1. The Morgan fingerprint density at radius 2 is 1.85 bits per heavy atom. The highest BCUT2D eigenvalue weighted by molar-refractivity contribution is 5.83. The largest absolute Gasteiger partial charge is 0.447 e. The molecule has 0 spiro atoms. The molecule has 1 saturated carbocycles. The van der Waals surface area contributed by atoms with Gasteiger partial charge in [-0.3, -0.25) is 9.69 Å². The van der Waals surface area contributed by atoms with Crippen LogP contribution in [-0.2, 0) is 11.2 Å². The summed E-state index contributed by atoms with van der Waals surface area (Å²) in [6.45, 7) is 7.34. The number of carbonyl (C=O) groups is 1. The van der Waals surface area contributed by atoms with Crippen molar-refractivity contribution in [2.45, 2.75) is 71.3 Å².